The third-order valence-electron chi connectivity index (χ3n) is 5.23. The maximum Gasteiger partial charge on any atom is 0.127 e. The van der Waals surface area contributed by atoms with Crippen molar-refractivity contribution < 1.29 is 4.39 Å². The smallest absolute Gasteiger partial charge is 0.127 e. The van der Waals surface area contributed by atoms with Crippen LogP contribution in [0.2, 0.25) is 0 Å². The normalized spacial score (nSPS) is 20.0. The molecule has 1 fully saturated rings. The second-order valence-electron chi connectivity index (χ2n) is 7.36. The highest BCUT2D eigenvalue weighted by molar-refractivity contribution is 5.65. The fourth-order valence-electron chi connectivity index (χ4n) is 3.53. The first-order valence-electron chi connectivity index (χ1n) is 9.56. The SMILES string of the molecule is CCCc1ccc(-c2ccc(C#C[C@H]3CC[C@H](C)CC3)cc2)cc1F. The van der Waals surface area contributed by atoms with Crippen LogP contribution in [0.5, 0.6) is 0 Å². The summed E-state index contributed by atoms with van der Waals surface area (Å²) < 4.78 is 14.1. The summed E-state index contributed by atoms with van der Waals surface area (Å²) in [6, 6.07) is 13.7. The number of hydrogen-bond donors (Lipinski definition) is 0. The van der Waals surface area contributed by atoms with Crippen LogP contribution in [-0.4, -0.2) is 0 Å². The van der Waals surface area contributed by atoms with E-state index in [-0.39, 0.29) is 5.82 Å². The van der Waals surface area contributed by atoms with Gasteiger partial charge in [0, 0.05) is 11.5 Å². The molecule has 0 nitrogen and oxygen atoms in total. The van der Waals surface area contributed by atoms with Gasteiger partial charge in [0.2, 0.25) is 0 Å². The monoisotopic (exact) mass is 334 g/mol. The van der Waals surface area contributed by atoms with Gasteiger partial charge in [0.1, 0.15) is 5.82 Å². The summed E-state index contributed by atoms with van der Waals surface area (Å²) in [6.45, 7) is 4.40. The van der Waals surface area contributed by atoms with Crippen LogP contribution in [0.15, 0.2) is 42.5 Å². The first-order chi connectivity index (χ1) is 12.2. The van der Waals surface area contributed by atoms with Gasteiger partial charge in [-0.2, -0.15) is 0 Å². The Hall–Kier alpha value is -2.07. The molecule has 0 saturated heterocycles. The lowest BCUT2D eigenvalue weighted by Crippen LogP contribution is -2.10. The van der Waals surface area contributed by atoms with E-state index in [0.29, 0.717) is 5.92 Å². The molecule has 0 unspecified atom stereocenters. The molecule has 1 heteroatoms. The van der Waals surface area contributed by atoms with Crippen molar-refractivity contribution in [3.8, 4) is 23.0 Å². The molecule has 1 aliphatic rings. The van der Waals surface area contributed by atoms with Crippen molar-refractivity contribution in [1.29, 1.82) is 0 Å². The molecule has 0 aromatic heterocycles. The molecule has 1 saturated carbocycles. The van der Waals surface area contributed by atoms with Crippen molar-refractivity contribution in [2.24, 2.45) is 11.8 Å². The molecule has 0 spiro atoms. The van der Waals surface area contributed by atoms with E-state index < -0.39 is 0 Å². The van der Waals surface area contributed by atoms with Gasteiger partial charge in [-0.05, 0) is 72.9 Å². The van der Waals surface area contributed by atoms with E-state index in [4.69, 9.17) is 0 Å². The first kappa shape index (κ1) is 17.7. The van der Waals surface area contributed by atoms with Crippen LogP contribution in [-0.2, 0) is 6.42 Å². The van der Waals surface area contributed by atoms with Crippen molar-refractivity contribution in [1.82, 2.24) is 0 Å². The molecule has 25 heavy (non-hydrogen) atoms. The molecule has 0 amide bonds. The van der Waals surface area contributed by atoms with E-state index in [1.807, 2.05) is 36.4 Å². The minimum absolute atomic E-state index is 0.102. The predicted octanol–water partition coefficient (Wildman–Crippen LogP) is 6.62. The van der Waals surface area contributed by atoms with Crippen LogP contribution in [0.25, 0.3) is 11.1 Å². The van der Waals surface area contributed by atoms with Crippen LogP contribution in [0.3, 0.4) is 0 Å². The number of aryl methyl sites for hydroxylation is 1. The average molecular weight is 334 g/mol. The number of halogens is 1. The highest BCUT2D eigenvalue weighted by atomic mass is 19.1. The Balaban J connectivity index is 1.69. The zero-order valence-electron chi connectivity index (χ0n) is 15.3. The summed E-state index contributed by atoms with van der Waals surface area (Å²) in [6.07, 6.45) is 6.82. The maximum absolute atomic E-state index is 14.1. The van der Waals surface area contributed by atoms with Crippen molar-refractivity contribution in [3.63, 3.8) is 0 Å². The molecule has 0 atom stereocenters. The zero-order chi connectivity index (χ0) is 17.6. The van der Waals surface area contributed by atoms with Gasteiger partial charge in [0.15, 0.2) is 0 Å². The minimum atomic E-state index is -0.102. The number of rotatable bonds is 3. The Labute approximate surface area is 151 Å². The molecule has 2 aromatic carbocycles. The molecule has 2 aromatic rings. The maximum atomic E-state index is 14.1. The van der Waals surface area contributed by atoms with Crippen molar-refractivity contribution >= 4 is 0 Å². The summed E-state index contributed by atoms with van der Waals surface area (Å²) in [4.78, 5) is 0. The van der Waals surface area contributed by atoms with Crippen molar-refractivity contribution in [3.05, 3.63) is 59.4 Å². The van der Waals surface area contributed by atoms with Crippen LogP contribution in [0.4, 0.5) is 4.39 Å². The predicted molar refractivity (Wildman–Crippen MR) is 104 cm³/mol. The van der Waals surface area contributed by atoms with Crippen molar-refractivity contribution in [2.75, 3.05) is 0 Å². The lowest BCUT2D eigenvalue weighted by atomic mass is 9.83. The Morgan fingerprint density at radius 2 is 1.64 bits per heavy atom. The third kappa shape index (κ3) is 4.73. The van der Waals surface area contributed by atoms with E-state index in [9.17, 15) is 4.39 Å². The van der Waals surface area contributed by atoms with Crippen molar-refractivity contribution in [2.45, 2.75) is 52.4 Å². The summed E-state index contributed by atoms with van der Waals surface area (Å²) in [7, 11) is 0. The molecule has 130 valence electrons. The van der Waals surface area contributed by atoms with Gasteiger partial charge in [-0.1, -0.05) is 56.4 Å². The van der Waals surface area contributed by atoms with Crippen LogP contribution in [0, 0.1) is 29.5 Å². The molecule has 0 bridgehead atoms. The number of hydrogen-bond acceptors (Lipinski definition) is 0. The Bertz CT molecular complexity index is 753. The van der Waals surface area contributed by atoms with E-state index in [2.05, 4.69) is 25.7 Å². The van der Waals surface area contributed by atoms with Gasteiger partial charge >= 0.3 is 0 Å². The lowest BCUT2D eigenvalue weighted by molar-refractivity contribution is 0.337. The standard InChI is InChI=1S/C24H27F/c1-3-4-22-15-16-23(17-24(22)25)21-13-11-20(12-14-21)10-9-19-7-5-18(2)6-8-19/h11-19H,3-8H2,1-2H3/t18-,19-. The second kappa shape index (κ2) is 8.34. The van der Waals surface area contributed by atoms with Crippen LogP contribution < -0.4 is 0 Å². The molecule has 0 heterocycles. The van der Waals surface area contributed by atoms with Gasteiger partial charge in [0.05, 0.1) is 0 Å². The van der Waals surface area contributed by atoms with E-state index >= 15 is 0 Å². The summed E-state index contributed by atoms with van der Waals surface area (Å²) >= 11 is 0. The molecular weight excluding hydrogens is 307 g/mol. The fraction of sp³-hybridized carbons (Fsp3) is 0.417. The topological polar surface area (TPSA) is 0 Å². The highest BCUT2D eigenvalue weighted by Crippen LogP contribution is 2.28. The van der Waals surface area contributed by atoms with Gasteiger partial charge in [-0.15, -0.1) is 0 Å². The summed E-state index contributed by atoms with van der Waals surface area (Å²) in [5.41, 5.74) is 3.82. The van der Waals surface area contributed by atoms with E-state index in [0.717, 1.165) is 41.0 Å². The minimum Gasteiger partial charge on any atom is -0.207 e. The van der Waals surface area contributed by atoms with Gasteiger partial charge in [0.25, 0.3) is 0 Å². The fourth-order valence-corrected chi connectivity index (χ4v) is 3.53. The Morgan fingerprint density at radius 3 is 2.28 bits per heavy atom. The molecular formula is C24H27F. The first-order valence-corrected chi connectivity index (χ1v) is 9.56. The molecule has 0 radical (unpaired) electrons. The summed E-state index contributed by atoms with van der Waals surface area (Å²) in [5, 5.41) is 0. The Morgan fingerprint density at radius 1 is 0.960 bits per heavy atom. The molecule has 3 rings (SSSR count). The highest BCUT2D eigenvalue weighted by Gasteiger charge is 2.15. The van der Waals surface area contributed by atoms with Crippen LogP contribution in [0.1, 0.15) is 57.1 Å². The quantitative estimate of drug-likeness (QED) is 0.553. The summed E-state index contributed by atoms with van der Waals surface area (Å²) in [5.74, 6) is 8.07. The largest absolute Gasteiger partial charge is 0.207 e. The molecule has 0 aliphatic heterocycles. The second-order valence-corrected chi connectivity index (χ2v) is 7.36. The molecule has 0 N–H and O–H groups in total. The Kier molecular flexibility index (Phi) is 5.92. The third-order valence-corrected chi connectivity index (χ3v) is 5.23. The zero-order valence-corrected chi connectivity index (χ0v) is 15.3. The lowest BCUT2D eigenvalue weighted by Gasteiger charge is -2.21. The average Bonchev–Trinajstić information content (AvgIpc) is 2.63. The van der Waals surface area contributed by atoms with Gasteiger partial charge < -0.3 is 0 Å². The molecule has 1 aliphatic carbocycles. The van der Waals surface area contributed by atoms with Gasteiger partial charge in [-0.3, -0.25) is 0 Å². The van der Waals surface area contributed by atoms with E-state index in [1.54, 1.807) is 6.07 Å². The van der Waals surface area contributed by atoms with E-state index in [1.165, 1.54) is 25.7 Å². The number of benzene rings is 2. The van der Waals surface area contributed by atoms with Gasteiger partial charge in [-0.25, -0.2) is 4.39 Å². The van der Waals surface area contributed by atoms with Crippen LogP contribution >= 0.6 is 0 Å².